The Bertz CT molecular complexity index is 319. The van der Waals surface area contributed by atoms with E-state index in [4.69, 9.17) is 4.74 Å². The molecule has 21 heavy (non-hydrogen) atoms. The molecule has 3 nitrogen and oxygen atoms in total. The van der Waals surface area contributed by atoms with E-state index in [1.54, 1.807) is 0 Å². The van der Waals surface area contributed by atoms with Gasteiger partial charge in [0.2, 0.25) is 0 Å². The maximum Gasteiger partial charge on any atom is 0.0661 e. The standard InChI is InChI=1S/C18H34N2O/c1-3-11-20-12-7-15(8-13-20)19-16-14-17(21-4-2)18(16)9-5-6-10-18/h15-17,19H,3-14H2,1-2H3. The van der Waals surface area contributed by atoms with Crippen LogP contribution in [0, 0.1) is 5.41 Å². The van der Waals surface area contributed by atoms with E-state index in [-0.39, 0.29) is 0 Å². The smallest absolute Gasteiger partial charge is 0.0661 e. The summed E-state index contributed by atoms with van der Waals surface area (Å²) in [6, 6.07) is 1.49. The van der Waals surface area contributed by atoms with Crippen molar-refractivity contribution < 1.29 is 4.74 Å². The average Bonchev–Trinajstić information content (AvgIpc) is 3.01. The molecule has 2 saturated carbocycles. The van der Waals surface area contributed by atoms with Crippen LogP contribution in [0.2, 0.25) is 0 Å². The molecule has 0 aromatic heterocycles. The largest absolute Gasteiger partial charge is 0.378 e. The minimum Gasteiger partial charge on any atom is -0.378 e. The number of piperidine rings is 1. The van der Waals surface area contributed by atoms with Gasteiger partial charge in [0, 0.05) is 24.1 Å². The maximum atomic E-state index is 6.04. The van der Waals surface area contributed by atoms with E-state index in [0.717, 1.165) is 18.7 Å². The van der Waals surface area contributed by atoms with Crippen molar-refractivity contribution in [1.29, 1.82) is 0 Å². The van der Waals surface area contributed by atoms with Crippen LogP contribution in [0.1, 0.15) is 65.2 Å². The summed E-state index contributed by atoms with van der Waals surface area (Å²) in [6.45, 7) is 9.19. The Morgan fingerprint density at radius 1 is 1.14 bits per heavy atom. The first-order valence-corrected chi connectivity index (χ1v) is 9.38. The molecule has 2 aliphatic carbocycles. The van der Waals surface area contributed by atoms with Crippen molar-refractivity contribution in [2.75, 3.05) is 26.2 Å². The Hall–Kier alpha value is -0.120. The van der Waals surface area contributed by atoms with Crippen LogP contribution in [-0.4, -0.2) is 49.3 Å². The molecule has 0 amide bonds. The zero-order valence-corrected chi connectivity index (χ0v) is 14.1. The molecule has 0 aromatic carbocycles. The van der Waals surface area contributed by atoms with Crippen molar-refractivity contribution in [3.05, 3.63) is 0 Å². The topological polar surface area (TPSA) is 24.5 Å². The summed E-state index contributed by atoms with van der Waals surface area (Å²) in [5.74, 6) is 0. The first kappa shape index (κ1) is 15.8. The number of nitrogens with one attached hydrogen (secondary N) is 1. The van der Waals surface area contributed by atoms with E-state index in [2.05, 4.69) is 24.1 Å². The van der Waals surface area contributed by atoms with Crippen molar-refractivity contribution in [1.82, 2.24) is 10.2 Å². The fraction of sp³-hybridized carbons (Fsp3) is 1.00. The second-order valence-electron chi connectivity index (χ2n) is 7.46. The predicted octanol–water partition coefficient (Wildman–Crippen LogP) is 3.19. The molecule has 0 bridgehead atoms. The zero-order chi connectivity index (χ0) is 14.7. The fourth-order valence-electron chi connectivity index (χ4n) is 5.04. The lowest BCUT2D eigenvalue weighted by atomic mass is 9.60. The first-order chi connectivity index (χ1) is 10.3. The number of nitrogens with zero attached hydrogens (tertiary/aromatic N) is 1. The summed E-state index contributed by atoms with van der Waals surface area (Å²) >= 11 is 0. The Kier molecular flexibility index (Phi) is 5.23. The molecule has 1 aliphatic heterocycles. The van der Waals surface area contributed by atoms with Crippen molar-refractivity contribution in [3.8, 4) is 0 Å². The highest BCUT2D eigenvalue weighted by Gasteiger charge is 2.56. The number of likely N-dealkylation sites (tertiary alicyclic amines) is 1. The highest BCUT2D eigenvalue weighted by atomic mass is 16.5. The molecule has 2 unspecified atom stereocenters. The van der Waals surface area contributed by atoms with Gasteiger partial charge in [0.15, 0.2) is 0 Å². The third-order valence-electron chi connectivity index (χ3n) is 6.25. The molecule has 3 heteroatoms. The van der Waals surface area contributed by atoms with Gasteiger partial charge < -0.3 is 15.0 Å². The fourth-order valence-corrected chi connectivity index (χ4v) is 5.04. The second kappa shape index (κ2) is 6.97. The molecule has 122 valence electrons. The van der Waals surface area contributed by atoms with Gasteiger partial charge in [-0.15, -0.1) is 0 Å². The van der Waals surface area contributed by atoms with Gasteiger partial charge in [0.25, 0.3) is 0 Å². The Labute approximate surface area is 130 Å². The van der Waals surface area contributed by atoms with Crippen molar-refractivity contribution in [2.45, 2.75) is 83.4 Å². The summed E-state index contributed by atoms with van der Waals surface area (Å²) in [5, 5.41) is 4.03. The number of ether oxygens (including phenoxy) is 1. The van der Waals surface area contributed by atoms with Crippen LogP contribution >= 0.6 is 0 Å². The quantitative estimate of drug-likeness (QED) is 0.814. The van der Waals surface area contributed by atoms with E-state index >= 15 is 0 Å². The van der Waals surface area contributed by atoms with Gasteiger partial charge in [-0.3, -0.25) is 0 Å². The molecule has 3 aliphatic rings. The summed E-state index contributed by atoms with van der Waals surface area (Å²) < 4.78 is 6.04. The summed E-state index contributed by atoms with van der Waals surface area (Å²) in [4.78, 5) is 2.63. The van der Waals surface area contributed by atoms with E-state index in [9.17, 15) is 0 Å². The van der Waals surface area contributed by atoms with Gasteiger partial charge in [-0.05, 0) is 65.1 Å². The van der Waals surface area contributed by atoms with Crippen molar-refractivity contribution >= 4 is 0 Å². The molecule has 1 N–H and O–H groups in total. The lowest BCUT2D eigenvalue weighted by molar-refractivity contribution is -0.133. The molecule has 1 spiro atoms. The molecule has 3 fully saturated rings. The van der Waals surface area contributed by atoms with Crippen molar-refractivity contribution in [3.63, 3.8) is 0 Å². The normalized spacial score (nSPS) is 33.4. The molecular weight excluding hydrogens is 260 g/mol. The van der Waals surface area contributed by atoms with Gasteiger partial charge in [0.1, 0.15) is 0 Å². The number of rotatable bonds is 6. The third kappa shape index (κ3) is 3.16. The molecular formula is C18H34N2O. The number of hydrogen-bond acceptors (Lipinski definition) is 3. The summed E-state index contributed by atoms with van der Waals surface area (Å²) in [5.41, 5.74) is 0.497. The van der Waals surface area contributed by atoms with E-state index in [1.165, 1.54) is 71.0 Å². The van der Waals surface area contributed by atoms with Gasteiger partial charge in [0.05, 0.1) is 6.10 Å². The Morgan fingerprint density at radius 2 is 1.86 bits per heavy atom. The SMILES string of the molecule is CCCN1CCC(NC2CC(OCC)C23CCCC3)CC1. The van der Waals surface area contributed by atoms with E-state index < -0.39 is 0 Å². The van der Waals surface area contributed by atoms with E-state index in [0.29, 0.717) is 11.5 Å². The van der Waals surface area contributed by atoms with Crippen LogP contribution in [0.5, 0.6) is 0 Å². The highest BCUT2D eigenvalue weighted by molar-refractivity contribution is 5.10. The maximum absolute atomic E-state index is 6.04. The minimum absolute atomic E-state index is 0.497. The molecule has 2 atom stereocenters. The lowest BCUT2D eigenvalue weighted by Gasteiger charge is -2.55. The van der Waals surface area contributed by atoms with Crippen LogP contribution < -0.4 is 5.32 Å². The average molecular weight is 294 g/mol. The van der Waals surface area contributed by atoms with Gasteiger partial charge in [-0.25, -0.2) is 0 Å². The predicted molar refractivity (Wildman–Crippen MR) is 87.6 cm³/mol. The van der Waals surface area contributed by atoms with Gasteiger partial charge in [-0.1, -0.05) is 19.8 Å². The number of hydrogen-bond donors (Lipinski definition) is 1. The lowest BCUT2D eigenvalue weighted by Crippen LogP contribution is -2.65. The summed E-state index contributed by atoms with van der Waals surface area (Å²) in [6.07, 6.45) is 11.4. The zero-order valence-electron chi connectivity index (χ0n) is 14.1. The Morgan fingerprint density at radius 3 is 2.48 bits per heavy atom. The first-order valence-electron chi connectivity index (χ1n) is 9.38. The van der Waals surface area contributed by atoms with Gasteiger partial charge in [-0.2, -0.15) is 0 Å². The molecule has 0 radical (unpaired) electrons. The molecule has 1 saturated heterocycles. The molecule has 1 heterocycles. The van der Waals surface area contributed by atoms with Crippen LogP contribution in [0.25, 0.3) is 0 Å². The van der Waals surface area contributed by atoms with Gasteiger partial charge >= 0.3 is 0 Å². The third-order valence-corrected chi connectivity index (χ3v) is 6.25. The Balaban J connectivity index is 1.49. The van der Waals surface area contributed by atoms with Crippen molar-refractivity contribution in [2.24, 2.45) is 5.41 Å². The van der Waals surface area contributed by atoms with Crippen LogP contribution in [0.15, 0.2) is 0 Å². The van der Waals surface area contributed by atoms with Crippen LogP contribution in [-0.2, 0) is 4.74 Å². The second-order valence-corrected chi connectivity index (χ2v) is 7.46. The summed E-state index contributed by atoms with van der Waals surface area (Å²) in [7, 11) is 0. The van der Waals surface area contributed by atoms with Crippen LogP contribution in [0.3, 0.4) is 0 Å². The molecule has 0 aromatic rings. The highest BCUT2D eigenvalue weighted by Crippen LogP contribution is 2.55. The molecule has 3 rings (SSSR count). The van der Waals surface area contributed by atoms with Crippen LogP contribution in [0.4, 0.5) is 0 Å². The monoisotopic (exact) mass is 294 g/mol. The van der Waals surface area contributed by atoms with E-state index in [1.807, 2.05) is 0 Å². The minimum atomic E-state index is 0.497.